The van der Waals surface area contributed by atoms with Crippen LogP contribution in [0.4, 0.5) is 4.39 Å². The maximum Gasteiger partial charge on any atom is 0.337 e. The summed E-state index contributed by atoms with van der Waals surface area (Å²) in [6, 6.07) is 12.4. The van der Waals surface area contributed by atoms with Crippen LogP contribution in [0.2, 0.25) is 0 Å². The van der Waals surface area contributed by atoms with Crippen molar-refractivity contribution in [1.82, 2.24) is 5.32 Å². The van der Waals surface area contributed by atoms with Crippen LogP contribution in [0.1, 0.15) is 22.8 Å². The monoisotopic (exact) mass is 355 g/mol. The van der Waals surface area contributed by atoms with E-state index in [0.29, 0.717) is 36.3 Å². The molecule has 6 heteroatoms. The van der Waals surface area contributed by atoms with Crippen LogP contribution >= 0.6 is 0 Å². The van der Waals surface area contributed by atoms with Crippen molar-refractivity contribution in [2.45, 2.75) is 13.3 Å². The first kappa shape index (κ1) is 17.7. The van der Waals surface area contributed by atoms with E-state index in [1.54, 1.807) is 30.3 Å². The highest BCUT2D eigenvalue weighted by Gasteiger charge is 2.13. The zero-order chi connectivity index (χ0) is 18.5. The Labute approximate surface area is 149 Å². The standard InChI is InChI=1S/C20H18FNO4/c1-2-25-15-6-7-16-17(12-19(23)26-18(16)11-15)20(24)22-9-8-13-4-3-5-14(21)10-13/h3-7,10-12H,2,8-9H2,1H3,(H,22,24). The fraction of sp³-hybridized carbons (Fsp3) is 0.200. The van der Waals surface area contributed by atoms with E-state index in [2.05, 4.69) is 5.32 Å². The minimum absolute atomic E-state index is 0.235. The van der Waals surface area contributed by atoms with Crippen LogP contribution in [0.25, 0.3) is 11.0 Å². The second kappa shape index (κ2) is 7.82. The van der Waals surface area contributed by atoms with E-state index in [1.165, 1.54) is 18.2 Å². The Kier molecular flexibility index (Phi) is 5.31. The van der Waals surface area contributed by atoms with E-state index in [0.717, 1.165) is 5.56 Å². The van der Waals surface area contributed by atoms with Crippen molar-refractivity contribution in [3.63, 3.8) is 0 Å². The van der Waals surface area contributed by atoms with E-state index in [-0.39, 0.29) is 17.3 Å². The zero-order valence-electron chi connectivity index (χ0n) is 14.3. The fourth-order valence-electron chi connectivity index (χ4n) is 2.70. The third kappa shape index (κ3) is 4.08. The van der Waals surface area contributed by atoms with Gasteiger partial charge < -0.3 is 14.5 Å². The maximum atomic E-state index is 13.2. The lowest BCUT2D eigenvalue weighted by molar-refractivity contribution is 0.0955. The van der Waals surface area contributed by atoms with Crippen LogP contribution in [0.15, 0.2) is 57.7 Å². The minimum atomic E-state index is -0.610. The number of ether oxygens (including phenoxy) is 1. The number of benzene rings is 2. The lowest BCUT2D eigenvalue weighted by atomic mass is 10.1. The molecule has 1 N–H and O–H groups in total. The summed E-state index contributed by atoms with van der Waals surface area (Å²) in [6.07, 6.45) is 0.483. The smallest absolute Gasteiger partial charge is 0.337 e. The van der Waals surface area contributed by atoms with Crippen LogP contribution in [0.3, 0.4) is 0 Å². The number of hydrogen-bond donors (Lipinski definition) is 1. The molecule has 5 nitrogen and oxygen atoms in total. The predicted molar refractivity (Wildman–Crippen MR) is 96.1 cm³/mol. The largest absolute Gasteiger partial charge is 0.494 e. The summed E-state index contributed by atoms with van der Waals surface area (Å²) in [5.74, 6) is -0.138. The number of nitrogens with one attached hydrogen (secondary N) is 1. The van der Waals surface area contributed by atoms with Gasteiger partial charge in [-0.25, -0.2) is 9.18 Å². The molecule has 26 heavy (non-hydrogen) atoms. The average Bonchev–Trinajstić information content (AvgIpc) is 2.61. The molecular formula is C20H18FNO4. The number of carbonyl (C=O) groups is 1. The molecular weight excluding hydrogens is 337 g/mol. The van der Waals surface area contributed by atoms with Crippen LogP contribution in [-0.2, 0) is 6.42 Å². The van der Waals surface area contributed by atoms with E-state index in [1.807, 2.05) is 6.92 Å². The summed E-state index contributed by atoms with van der Waals surface area (Å²) in [5, 5.41) is 3.28. The van der Waals surface area contributed by atoms with Gasteiger partial charge in [0.2, 0.25) is 0 Å². The highest BCUT2D eigenvalue weighted by Crippen LogP contribution is 2.22. The number of halogens is 1. The molecule has 0 bridgehead atoms. The lowest BCUT2D eigenvalue weighted by Crippen LogP contribution is -2.26. The van der Waals surface area contributed by atoms with Crippen molar-refractivity contribution in [3.05, 3.63) is 75.9 Å². The second-order valence-corrected chi connectivity index (χ2v) is 5.71. The molecule has 0 spiro atoms. The van der Waals surface area contributed by atoms with Crippen molar-refractivity contribution in [2.24, 2.45) is 0 Å². The molecule has 1 amide bonds. The Morgan fingerprint density at radius 3 is 2.81 bits per heavy atom. The first-order valence-corrected chi connectivity index (χ1v) is 8.30. The van der Waals surface area contributed by atoms with Crippen LogP contribution < -0.4 is 15.7 Å². The molecule has 0 aliphatic heterocycles. The molecule has 3 rings (SSSR count). The fourth-order valence-corrected chi connectivity index (χ4v) is 2.70. The van der Waals surface area contributed by atoms with Crippen molar-refractivity contribution >= 4 is 16.9 Å². The lowest BCUT2D eigenvalue weighted by Gasteiger charge is -2.09. The normalized spacial score (nSPS) is 10.7. The molecule has 0 aliphatic rings. The van der Waals surface area contributed by atoms with Gasteiger partial charge in [0.1, 0.15) is 17.1 Å². The molecule has 0 saturated carbocycles. The summed E-state index contributed by atoms with van der Waals surface area (Å²) >= 11 is 0. The van der Waals surface area contributed by atoms with Crippen LogP contribution in [0, 0.1) is 5.82 Å². The van der Waals surface area contributed by atoms with Crippen molar-refractivity contribution in [1.29, 1.82) is 0 Å². The van der Waals surface area contributed by atoms with Gasteiger partial charge in [-0.3, -0.25) is 4.79 Å². The maximum absolute atomic E-state index is 13.2. The van der Waals surface area contributed by atoms with E-state index < -0.39 is 5.63 Å². The van der Waals surface area contributed by atoms with E-state index in [9.17, 15) is 14.0 Å². The Morgan fingerprint density at radius 2 is 2.04 bits per heavy atom. The zero-order valence-corrected chi connectivity index (χ0v) is 14.3. The molecule has 3 aromatic rings. The minimum Gasteiger partial charge on any atom is -0.494 e. The third-order valence-corrected chi connectivity index (χ3v) is 3.86. The van der Waals surface area contributed by atoms with Gasteiger partial charge in [0.05, 0.1) is 12.2 Å². The van der Waals surface area contributed by atoms with Crippen LogP contribution in [-0.4, -0.2) is 19.1 Å². The molecule has 0 atom stereocenters. The number of carbonyl (C=O) groups excluding carboxylic acids is 1. The van der Waals surface area contributed by atoms with Gasteiger partial charge in [-0.15, -0.1) is 0 Å². The van der Waals surface area contributed by atoms with Gasteiger partial charge in [0.15, 0.2) is 0 Å². The molecule has 0 aliphatic carbocycles. The van der Waals surface area contributed by atoms with Gasteiger partial charge in [-0.2, -0.15) is 0 Å². The van der Waals surface area contributed by atoms with Gasteiger partial charge >= 0.3 is 5.63 Å². The summed E-state index contributed by atoms with van der Waals surface area (Å²) in [5.41, 5.74) is 0.697. The molecule has 0 radical (unpaired) electrons. The number of amides is 1. The second-order valence-electron chi connectivity index (χ2n) is 5.71. The Bertz CT molecular complexity index is 997. The Morgan fingerprint density at radius 1 is 1.19 bits per heavy atom. The highest BCUT2D eigenvalue weighted by molar-refractivity contribution is 6.05. The average molecular weight is 355 g/mol. The summed E-state index contributed by atoms with van der Waals surface area (Å²) in [6.45, 7) is 2.65. The first-order chi connectivity index (χ1) is 12.6. The molecule has 0 fully saturated rings. The Hall–Kier alpha value is -3.15. The van der Waals surface area contributed by atoms with Crippen molar-refractivity contribution in [3.8, 4) is 5.75 Å². The summed E-state index contributed by atoms with van der Waals surface area (Å²) < 4.78 is 23.7. The molecule has 0 unspecified atom stereocenters. The number of rotatable bonds is 6. The third-order valence-electron chi connectivity index (χ3n) is 3.86. The SMILES string of the molecule is CCOc1ccc2c(C(=O)NCCc3cccc(F)c3)cc(=O)oc2c1. The van der Waals surface area contributed by atoms with E-state index in [4.69, 9.17) is 9.15 Å². The van der Waals surface area contributed by atoms with Gasteiger partial charge in [0, 0.05) is 24.1 Å². The van der Waals surface area contributed by atoms with Gasteiger partial charge in [-0.1, -0.05) is 12.1 Å². The number of fused-ring (bicyclic) bond motifs is 1. The van der Waals surface area contributed by atoms with Gasteiger partial charge in [0.25, 0.3) is 5.91 Å². The summed E-state index contributed by atoms with van der Waals surface area (Å²) in [4.78, 5) is 24.3. The van der Waals surface area contributed by atoms with Crippen molar-refractivity contribution < 1.29 is 18.3 Å². The quantitative estimate of drug-likeness (QED) is 0.689. The number of hydrogen-bond acceptors (Lipinski definition) is 4. The topological polar surface area (TPSA) is 68.5 Å². The predicted octanol–water partition coefficient (Wildman–Crippen LogP) is 3.30. The van der Waals surface area contributed by atoms with Crippen LogP contribution in [0.5, 0.6) is 5.75 Å². The summed E-state index contributed by atoms with van der Waals surface area (Å²) in [7, 11) is 0. The molecule has 1 aromatic heterocycles. The van der Waals surface area contributed by atoms with E-state index >= 15 is 0 Å². The Balaban J connectivity index is 1.78. The van der Waals surface area contributed by atoms with Crippen molar-refractivity contribution in [2.75, 3.05) is 13.2 Å². The molecule has 134 valence electrons. The molecule has 0 saturated heterocycles. The molecule has 2 aromatic carbocycles. The van der Waals surface area contributed by atoms with Gasteiger partial charge in [-0.05, 0) is 43.2 Å². The first-order valence-electron chi connectivity index (χ1n) is 8.30. The molecule has 1 heterocycles. The highest BCUT2D eigenvalue weighted by atomic mass is 19.1.